The van der Waals surface area contributed by atoms with Crippen molar-refractivity contribution in [3.8, 4) is 0 Å². The Morgan fingerprint density at radius 3 is 0.934 bits per heavy atom. The first kappa shape index (κ1) is 45.9. The molecule has 61 heavy (non-hydrogen) atoms. The normalized spacial score (nSPS) is 11.5. The predicted molar refractivity (Wildman–Crippen MR) is 172 cm³/mol. The van der Waals surface area contributed by atoms with Gasteiger partial charge in [-0.1, -0.05) is 18.2 Å². The summed E-state index contributed by atoms with van der Waals surface area (Å²) in [4.78, 5) is 16.6. The number of hydrogen-bond acceptors (Lipinski definition) is 3. The van der Waals surface area contributed by atoms with Crippen molar-refractivity contribution in [3.63, 3.8) is 0 Å². The second kappa shape index (κ2) is 17.1. The maximum absolute atomic E-state index is 15.4. The Morgan fingerprint density at radius 1 is 0.426 bits per heavy atom. The first-order valence-electron chi connectivity index (χ1n) is 15.8. The molecule has 0 saturated heterocycles. The zero-order valence-corrected chi connectivity index (χ0v) is 29.6. The highest BCUT2D eigenvalue weighted by Crippen LogP contribution is 2.30. The number of aromatic nitrogens is 2. The Balaban J connectivity index is 0.000000366. The van der Waals surface area contributed by atoms with Gasteiger partial charge in [0, 0.05) is 10.5 Å². The number of nitrogens with zero attached hydrogens (tertiary/aromatic N) is 2. The molecule has 320 valence electrons. The number of ketones is 1. The minimum Gasteiger partial charge on any atom is -0.287 e. The molecule has 6 rings (SSSR count). The monoisotopic (exact) mass is 910 g/mol. The van der Waals surface area contributed by atoms with Gasteiger partial charge in [-0.05, 0) is 6.07 Å². The smallest absolute Gasteiger partial charge is 0.228 e. The molecule has 6 aromatic rings. The van der Waals surface area contributed by atoms with Crippen LogP contribution in [0.3, 0.4) is 0 Å². The van der Waals surface area contributed by atoms with Gasteiger partial charge in [-0.15, -0.1) is 34.5 Å². The van der Waals surface area contributed by atoms with Crippen LogP contribution in [0, 0.1) is 116 Å². The molecule has 0 spiro atoms. The van der Waals surface area contributed by atoms with Crippen molar-refractivity contribution in [2.75, 3.05) is 0 Å². The first-order valence-corrected chi connectivity index (χ1v) is 16.3. The van der Waals surface area contributed by atoms with Gasteiger partial charge in [0.1, 0.15) is 52.7 Å². The molecular formula is C36H11BF20N2OS. The molecular weight excluding hydrogens is 899 g/mol. The van der Waals surface area contributed by atoms with Crippen LogP contribution in [0.15, 0.2) is 53.9 Å². The Morgan fingerprint density at radius 2 is 0.672 bits per heavy atom. The van der Waals surface area contributed by atoms with E-state index in [4.69, 9.17) is 0 Å². The average Bonchev–Trinajstić information content (AvgIpc) is 3.24. The molecule has 0 aliphatic carbocycles. The largest absolute Gasteiger partial charge is 0.287 e. The lowest BCUT2D eigenvalue weighted by molar-refractivity contribution is -0.683. The number of carbonyl (C=O) groups excluding carboxylic acids is 1. The zero-order valence-electron chi connectivity index (χ0n) is 28.7. The van der Waals surface area contributed by atoms with Crippen LogP contribution in [0.25, 0.3) is 0 Å². The highest BCUT2D eigenvalue weighted by molar-refractivity contribution is 7.80. The van der Waals surface area contributed by atoms with Crippen molar-refractivity contribution < 1.29 is 97.2 Å². The molecule has 1 aromatic heterocycles. The molecule has 0 amide bonds. The lowest BCUT2D eigenvalue weighted by Crippen LogP contribution is -2.81. The van der Waals surface area contributed by atoms with E-state index in [9.17, 15) is 57.5 Å². The van der Waals surface area contributed by atoms with Crippen molar-refractivity contribution in [1.29, 1.82) is 0 Å². The summed E-state index contributed by atoms with van der Waals surface area (Å²) in [6, 6.07) is 7.29. The van der Waals surface area contributed by atoms with E-state index in [0.29, 0.717) is 17.0 Å². The Hall–Kier alpha value is -6.14. The lowest BCUT2D eigenvalue weighted by Gasteiger charge is -2.44. The molecule has 3 nitrogen and oxygen atoms in total. The summed E-state index contributed by atoms with van der Waals surface area (Å²) in [6.07, 6.45) is -0.386. The topological polar surface area (TPSA) is 33.8 Å². The second-order valence-electron chi connectivity index (χ2n) is 12.2. The van der Waals surface area contributed by atoms with Gasteiger partial charge in [0.25, 0.3) is 0 Å². The van der Waals surface area contributed by atoms with E-state index in [1.807, 2.05) is 18.2 Å². The van der Waals surface area contributed by atoms with E-state index < -0.39 is 144 Å². The Labute approximate surface area is 330 Å². The third kappa shape index (κ3) is 7.30. The van der Waals surface area contributed by atoms with Crippen molar-refractivity contribution in [2.45, 2.75) is 11.4 Å². The van der Waals surface area contributed by atoms with Crippen LogP contribution in [0.2, 0.25) is 0 Å². The molecule has 1 heterocycles. The number of Topliss-reactive ketones (excluding diaryl/α,β-unsaturated/α-hetero) is 1. The number of hydrogen-bond donors (Lipinski definition) is 1. The van der Waals surface area contributed by atoms with Gasteiger partial charge in [0.2, 0.25) is 12.3 Å². The van der Waals surface area contributed by atoms with Crippen LogP contribution in [-0.4, -0.2) is 16.9 Å². The van der Waals surface area contributed by atoms with Crippen LogP contribution >= 0.6 is 12.6 Å². The molecule has 0 fully saturated rings. The minimum absolute atomic E-state index is 0.0433. The van der Waals surface area contributed by atoms with Crippen LogP contribution in [0.1, 0.15) is 10.4 Å². The maximum atomic E-state index is 15.4. The van der Waals surface area contributed by atoms with E-state index in [2.05, 4.69) is 17.6 Å². The van der Waals surface area contributed by atoms with Gasteiger partial charge in [-0.3, -0.25) is 9.78 Å². The van der Waals surface area contributed by atoms with Gasteiger partial charge in [-0.2, -0.15) is 4.57 Å². The highest BCUT2D eigenvalue weighted by Gasteiger charge is 2.52. The van der Waals surface area contributed by atoms with Gasteiger partial charge < -0.3 is 0 Å². The molecule has 5 aromatic carbocycles. The van der Waals surface area contributed by atoms with Crippen LogP contribution < -0.4 is 26.4 Å². The fourth-order valence-electron chi connectivity index (χ4n) is 6.29. The standard InChI is InChI=1S/C24BF20.C12H10N2OS/c26-5-1(6(27)14(35)21(42)13(5)34)25(2-7(28)15(36)22(43)16(37)8(2)29,3-9(30)17(38)23(44)18(39)10(3)31)4-11(32)19(40)24(45)20(41)12(4)33;15-11(9-14-7-5-13-6-8-14)10-3-1-2-4-12(10)16/h;1-8H,9H2/q-1;/p+1. The third-order valence-corrected chi connectivity index (χ3v) is 9.32. The summed E-state index contributed by atoms with van der Waals surface area (Å²) in [7, 11) is 0. The fourth-order valence-corrected chi connectivity index (χ4v) is 6.57. The Bertz CT molecular complexity index is 2390. The summed E-state index contributed by atoms with van der Waals surface area (Å²) in [5.41, 5.74) is -13.7. The number of halogens is 20. The maximum Gasteiger partial charge on any atom is 0.228 e. The van der Waals surface area contributed by atoms with Crippen LogP contribution in [0.4, 0.5) is 87.8 Å². The molecule has 0 unspecified atom stereocenters. The molecule has 0 aliphatic heterocycles. The van der Waals surface area contributed by atoms with Crippen molar-refractivity contribution in [3.05, 3.63) is 171 Å². The van der Waals surface area contributed by atoms with E-state index >= 15 is 35.1 Å². The van der Waals surface area contributed by atoms with Crippen LogP contribution in [0.5, 0.6) is 0 Å². The van der Waals surface area contributed by atoms with Gasteiger partial charge in [0.15, 0.2) is 82.2 Å². The van der Waals surface area contributed by atoms with Crippen molar-refractivity contribution in [1.82, 2.24) is 4.98 Å². The average molecular weight is 910 g/mol. The summed E-state index contributed by atoms with van der Waals surface area (Å²) in [5.74, 6) is -71.4. The summed E-state index contributed by atoms with van der Waals surface area (Å²) in [6.45, 7) is 0.306. The summed E-state index contributed by atoms with van der Waals surface area (Å²) < 4.78 is 296. The number of rotatable bonds is 7. The fraction of sp³-hybridized carbons (Fsp3) is 0.0278. The van der Waals surface area contributed by atoms with E-state index in [1.165, 1.54) is 0 Å². The SMILES string of the molecule is Fc1c(F)c(F)c([B-](c2c(F)c(F)c(F)c(F)c2F)(c2c(F)c(F)c(F)c(F)c2F)c2c(F)c(F)c(F)c(F)c2F)c(F)c1F.O=C(C[n+]1ccncc1)c1ccccc1S. The minimum atomic E-state index is -7.22. The first-order chi connectivity index (χ1) is 28.5. The van der Waals surface area contributed by atoms with E-state index in [1.54, 1.807) is 35.4 Å². The van der Waals surface area contributed by atoms with Gasteiger partial charge in [0.05, 0.1) is 12.4 Å². The highest BCUT2D eigenvalue weighted by atomic mass is 32.1. The third-order valence-electron chi connectivity index (χ3n) is 8.93. The van der Waals surface area contributed by atoms with Crippen molar-refractivity contribution in [2.24, 2.45) is 0 Å². The molecule has 0 radical (unpaired) electrons. The molecule has 0 aliphatic rings. The zero-order chi connectivity index (χ0) is 45.7. The van der Waals surface area contributed by atoms with Crippen molar-refractivity contribution >= 4 is 46.4 Å². The van der Waals surface area contributed by atoms with E-state index in [0.717, 1.165) is 0 Å². The van der Waals surface area contributed by atoms with Gasteiger partial charge >= 0.3 is 0 Å². The predicted octanol–water partition coefficient (Wildman–Crippen LogP) is 7.39. The van der Waals surface area contributed by atoms with E-state index in [-0.39, 0.29) is 5.78 Å². The Kier molecular flexibility index (Phi) is 12.9. The molecule has 0 bridgehead atoms. The lowest BCUT2D eigenvalue weighted by atomic mass is 9.12. The summed E-state index contributed by atoms with van der Waals surface area (Å²) >= 11 is 4.26. The van der Waals surface area contributed by atoms with Crippen LogP contribution in [-0.2, 0) is 6.54 Å². The quantitative estimate of drug-likeness (QED) is 0.0345. The number of thiol groups is 1. The molecule has 0 saturated carbocycles. The molecule has 25 heteroatoms. The molecule has 0 atom stereocenters. The summed E-state index contributed by atoms with van der Waals surface area (Å²) in [5, 5.41) is 0. The second-order valence-corrected chi connectivity index (χ2v) is 12.6. The number of carbonyl (C=O) groups is 1. The number of benzene rings is 5. The molecule has 0 N–H and O–H groups in total. The van der Waals surface area contributed by atoms with Gasteiger partial charge in [-0.25, -0.2) is 87.8 Å².